The molecule has 0 fully saturated rings. The van der Waals surface area contributed by atoms with E-state index in [4.69, 9.17) is 9.47 Å². The normalized spacial score (nSPS) is 13.9. The van der Waals surface area contributed by atoms with Crippen LogP contribution in [0.5, 0.6) is 11.5 Å². The molecule has 1 aromatic carbocycles. The summed E-state index contributed by atoms with van der Waals surface area (Å²) in [5, 5.41) is 18.4. The molecule has 2 amide bonds. The van der Waals surface area contributed by atoms with Gasteiger partial charge in [0.1, 0.15) is 13.2 Å². The number of thiophene rings is 1. The van der Waals surface area contributed by atoms with Gasteiger partial charge in [-0.3, -0.25) is 9.59 Å². The van der Waals surface area contributed by atoms with E-state index in [-0.39, 0.29) is 6.54 Å². The lowest BCUT2D eigenvalue weighted by Crippen LogP contribution is -2.37. The smallest absolute Gasteiger partial charge is 0.313 e. The van der Waals surface area contributed by atoms with Crippen molar-refractivity contribution in [2.75, 3.05) is 25.1 Å². The van der Waals surface area contributed by atoms with E-state index in [0.29, 0.717) is 36.0 Å². The molecule has 3 rings (SSSR count). The van der Waals surface area contributed by atoms with E-state index in [9.17, 15) is 14.7 Å². The van der Waals surface area contributed by atoms with Crippen LogP contribution < -0.4 is 20.1 Å². The van der Waals surface area contributed by atoms with Crippen molar-refractivity contribution in [3.63, 3.8) is 0 Å². The molecule has 1 atom stereocenters. The molecule has 0 saturated heterocycles. The highest BCUT2D eigenvalue weighted by Gasteiger charge is 2.18. The van der Waals surface area contributed by atoms with Crippen LogP contribution in [0.25, 0.3) is 0 Å². The van der Waals surface area contributed by atoms with Crippen LogP contribution in [0.2, 0.25) is 0 Å². The van der Waals surface area contributed by atoms with E-state index in [1.807, 2.05) is 5.38 Å². The second-order valence-corrected chi connectivity index (χ2v) is 5.88. The number of hydrogen-bond acceptors (Lipinski definition) is 6. The zero-order valence-electron chi connectivity index (χ0n) is 12.7. The second-order valence-electron chi connectivity index (χ2n) is 5.10. The zero-order valence-corrected chi connectivity index (χ0v) is 13.5. The molecule has 1 aliphatic heterocycles. The lowest BCUT2D eigenvalue weighted by molar-refractivity contribution is -0.136. The van der Waals surface area contributed by atoms with Gasteiger partial charge in [-0.15, -0.1) is 0 Å². The van der Waals surface area contributed by atoms with Crippen LogP contribution in [0, 0.1) is 0 Å². The third-order valence-electron chi connectivity index (χ3n) is 3.39. The molecule has 126 valence electrons. The van der Waals surface area contributed by atoms with Gasteiger partial charge < -0.3 is 25.2 Å². The lowest BCUT2D eigenvalue weighted by atomic mass is 10.2. The summed E-state index contributed by atoms with van der Waals surface area (Å²) in [6.07, 6.45) is -0.845. The minimum Gasteiger partial charge on any atom is -0.486 e. The SMILES string of the molecule is O=C(NC[C@@H](O)c1ccsc1)C(=O)Nc1ccc2c(c1)OCCO2. The monoisotopic (exact) mass is 348 g/mol. The van der Waals surface area contributed by atoms with E-state index >= 15 is 0 Å². The van der Waals surface area contributed by atoms with Crippen LogP contribution in [-0.2, 0) is 9.59 Å². The molecule has 1 aromatic heterocycles. The average molecular weight is 348 g/mol. The summed E-state index contributed by atoms with van der Waals surface area (Å²) in [5.74, 6) is -0.515. The Morgan fingerprint density at radius 2 is 1.96 bits per heavy atom. The topological polar surface area (TPSA) is 96.9 Å². The van der Waals surface area contributed by atoms with Gasteiger partial charge in [-0.1, -0.05) is 0 Å². The summed E-state index contributed by atoms with van der Waals surface area (Å²) in [4.78, 5) is 23.7. The van der Waals surface area contributed by atoms with Crippen molar-refractivity contribution in [1.82, 2.24) is 5.32 Å². The fourth-order valence-electron chi connectivity index (χ4n) is 2.16. The van der Waals surface area contributed by atoms with Crippen molar-refractivity contribution in [2.45, 2.75) is 6.10 Å². The van der Waals surface area contributed by atoms with Gasteiger partial charge in [-0.25, -0.2) is 0 Å². The van der Waals surface area contributed by atoms with Gasteiger partial charge in [0, 0.05) is 18.3 Å². The van der Waals surface area contributed by atoms with E-state index in [1.165, 1.54) is 11.3 Å². The standard InChI is InChI=1S/C16H16N2O5S/c19-12(10-3-6-24-9-10)8-17-15(20)16(21)18-11-1-2-13-14(7-11)23-5-4-22-13/h1-3,6-7,9,12,19H,4-5,8H2,(H,17,20)(H,18,21)/t12-/m1/s1. The van der Waals surface area contributed by atoms with Crippen LogP contribution in [0.4, 0.5) is 5.69 Å². The molecule has 7 nitrogen and oxygen atoms in total. The molecule has 0 radical (unpaired) electrons. The molecule has 0 bridgehead atoms. The van der Waals surface area contributed by atoms with Crippen molar-refractivity contribution in [1.29, 1.82) is 0 Å². The minimum absolute atomic E-state index is 0.0376. The number of anilines is 1. The third kappa shape index (κ3) is 3.84. The average Bonchev–Trinajstić information content (AvgIpc) is 3.14. The second kappa shape index (κ2) is 7.33. The number of aliphatic hydroxyl groups is 1. The highest BCUT2D eigenvalue weighted by molar-refractivity contribution is 7.07. The van der Waals surface area contributed by atoms with Crippen molar-refractivity contribution < 1.29 is 24.2 Å². The van der Waals surface area contributed by atoms with Gasteiger partial charge in [0.05, 0.1) is 6.10 Å². The minimum atomic E-state index is -0.845. The number of carbonyl (C=O) groups is 2. The highest BCUT2D eigenvalue weighted by Crippen LogP contribution is 2.32. The van der Waals surface area contributed by atoms with Gasteiger partial charge in [0.2, 0.25) is 0 Å². The zero-order chi connectivity index (χ0) is 16.9. The Balaban J connectivity index is 1.53. The number of carbonyl (C=O) groups excluding carboxylic acids is 2. The number of rotatable bonds is 4. The van der Waals surface area contributed by atoms with Gasteiger partial charge in [0.15, 0.2) is 11.5 Å². The summed E-state index contributed by atoms with van der Waals surface area (Å²) >= 11 is 1.45. The predicted octanol–water partition coefficient (Wildman–Crippen LogP) is 1.31. The van der Waals surface area contributed by atoms with Gasteiger partial charge in [0.25, 0.3) is 0 Å². The van der Waals surface area contributed by atoms with E-state index in [2.05, 4.69) is 10.6 Å². The van der Waals surface area contributed by atoms with E-state index in [0.717, 1.165) is 0 Å². The summed E-state index contributed by atoms with van der Waals surface area (Å²) in [6, 6.07) is 6.65. The Bertz CT molecular complexity index is 732. The molecule has 2 aromatic rings. The van der Waals surface area contributed by atoms with Gasteiger partial charge >= 0.3 is 11.8 Å². The summed E-state index contributed by atoms with van der Waals surface area (Å²) in [5.41, 5.74) is 1.13. The molecule has 0 saturated carbocycles. The Morgan fingerprint density at radius 3 is 2.71 bits per heavy atom. The van der Waals surface area contributed by atoms with Gasteiger partial charge in [-0.05, 0) is 34.5 Å². The van der Waals surface area contributed by atoms with Crippen molar-refractivity contribution in [3.8, 4) is 11.5 Å². The van der Waals surface area contributed by atoms with Crippen LogP contribution in [0.15, 0.2) is 35.0 Å². The number of fused-ring (bicyclic) bond motifs is 1. The molecule has 0 unspecified atom stereocenters. The molecule has 8 heteroatoms. The molecular weight excluding hydrogens is 332 g/mol. The van der Waals surface area contributed by atoms with E-state index < -0.39 is 17.9 Å². The predicted molar refractivity (Wildman–Crippen MR) is 88.4 cm³/mol. The summed E-state index contributed by atoms with van der Waals surface area (Å²) in [7, 11) is 0. The maximum atomic E-state index is 11.9. The number of amides is 2. The van der Waals surface area contributed by atoms with Gasteiger partial charge in [-0.2, -0.15) is 11.3 Å². The lowest BCUT2D eigenvalue weighted by Gasteiger charge is -2.19. The molecule has 2 heterocycles. The Morgan fingerprint density at radius 1 is 1.17 bits per heavy atom. The van der Waals surface area contributed by atoms with Crippen LogP contribution in [-0.4, -0.2) is 36.7 Å². The van der Waals surface area contributed by atoms with E-state index in [1.54, 1.807) is 29.6 Å². The Hall–Kier alpha value is -2.58. The largest absolute Gasteiger partial charge is 0.486 e. The number of aliphatic hydroxyl groups excluding tert-OH is 1. The molecule has 0 aliphatic carbocycles. The summed E-state index contributed by atoms with van der Waals surface area (Å²) < 4.78 is 10.8. The first-order valence-electron chi connectivity index (χ1n) is 7.32. The van der Waals surface area contributed by atoms with Crippen molar-refractivity contribution in [3.05, 3.63) is 40.6 Å². The number of ether oxygens (including phenoxy) is 2. The van der Waals surface area contributed by atoms with Crippen molar-refractivity contribution >= 4 is 28.8 Å². The Labute approximate surface area is 142 Å². The molecular formula is C16H16N2O5S. The number of nitrogens with one attached hydrogen (secondary N) is 2. The number of benzene rings is 1. The first-order valence-corrected chi connectivity index (χ1v) is 8.27. The molecule has 3 N–H and O–H groups in total. The first kappa shape index (κ1) is 16.3. The fraction of sp³-hybridized carbons (Fsp3) is 0.250. The quantitative estimate of drug-likeness (QED) is 0.724. The van der Waals surface area contributed by atoms with Crippen LogP contribution in [0.1, 0.15) is 11.7 Å². The van der Waals surface area contributed by atoms with Crippen molar-refractivity contribution in [2.24, 2.45) is 0 Å². The first-order chi connectivity index (χ1) is 11.6. The third-order valence-corrected chi connectivity index (χ3v) is 4.09. The molecule has 0 spiro atoms. The fourth-order valence-corrected chi connectivity index (χ4v) is 2.87. The highest BCUT2D eigenvalue weighted by atomic mass is 32.1. The Kier molecular flexibility index (Phi) is 4.97. The van der Waals surface area contributed by atoms with Crippen LogP contribution in [0.3, 0.4) is 0 Å². The molecule has 24 heavy (non-hydrogen) atoms. The maximum absolute atomic E-state index is 11.9. The number of hydrogen-bond donors (Lipinski definition) is 3. The van der Waals surface area contributed by atoms with Crippen LogP contribution >= 0.6 is 11.3 Å². The molecule has 1 aliphatic rings. The summed E-state index contributed by atoms with van der Waals surface area (Å²) in [6.45, 7) is 0.878. The maximum Gasteiger partial charge on any atom is 0.313 e.